The van der Waals surface area contributed by atoms with Gasteiger partial charge in [-0.2, -0.15) is 0 Å². The van der Waals surface area contributed by atoms with Gasteiger partial charge in [0.2, 0.25) is 6.29 Å². The molecule has 0 saturated heterocycles. The van der Waals surface area contributed by atoms with Crippen LogP contribution in [-0.4, -0.2) is 13.1 Å². The van der Waals surface area contributed by atoms with Crippen LogP contribution < -0.4 is 4.74 Å². The molecule has 0 aliphatic heterocycles. The Morgan fingerprint density at radius 1 is 1.08 bits per heavy atom. The first-order chi connectivity index (χ1) is 12.3. The molecular formula is C23H36O3. The number of ether oxygens (including phenoxy) is 3. The maximum atomic E-state index is 5.97. The highest BCUT2D eigenvalue weighted by atomic mass is 16.7. The fraction of sp³-hybridized carbons (Fsp3) is 0.652. The van der Waals surface area contributed by atoms with Gasteiger partial charge in [0.25, 0.3) is 0 Å². The number of rotatable bonds is 8. The number of benzene rings is 1. The van der Waals surface area contributed by atoms with Crippen LogP contribution in [0.15, 0.2) is 36.1 Å². The third-order valence-corrected chi connectivity index (χ3v) is 4.92. The molecule has 3 heteroatoms. The highest BCUT2D eigenvalue weighted by Gasteiger charge is 2.29. The van der Waals surface area contributed by atoms with Crippen molar-refractivity contribution < 1.29 is 14.2 Å². The van der Waals surface area contributed by atoms with Crippen LogP contribution in [0.3, 0.4) is 0 Å². The summed E-state index contributed by atoms with van der Waals surface area (Å²) in [5.74, 6) is 2.94. The smallest absolute Gasteiger partial charge is 0.200 e. The molecule has 0 spiro atoms. The second-order valence-electron chi connectivity index (χ2n) is 8.69. The maximum Gasteiger partial charge on any atom is 0.200 e. The third kappa shape index (κ3) is 6.35. The van der Waals surface area contributed by atoms with E-state index < -0.39 is 0 Å². The molecule has 146 valence electrons. The van der Waals surface area contributed by atoms with Crippen molar-refractivity contribution in [2.45, 2.75) is 79.4 Å². The van der Waals surface area contributed by atoms with Gasteiger partial charge in [-0.05, 0) is 67.2 Å². The van der Waals surface area contributed by atoms with Gasteiger partial charge in [0.1, 0.15) is 5.75 Å². The number of allylic oxidation sites excluding steroid dienone is 2. The Morgan fingerprint density at radius 3 is 2.46 bits per heavy atom. The fourth-order valence-corrected chi connectivity index (χ4v) is 4.04. The normalized spacial score (nSPS) is 17.6. The van der Waals surface area contributed by atoms with Crippen molar-refractivity contribution in [3.05, 3.63) is 41.7 Å². The minimum atomic E-state index is -0.346. The molecule has 0 bridgehead atoms. The average molecular weight is 361 g/mol. The van der Waals surface area contributed by atoms with Crippen LogP contribution in [0.2, 0.25) is 0 Å². The van der Waals surface area contributed by atoms with Crippen LogP contribution >= 0.6 is 0 Å². The van der Waals surface area contributed by atoms with Gasteiger partial charge in [0.05, 0.1) is 5.76 Å². The summed E-state index contributed by atoms with van der Waals surface area (Å²) in [6.07, 6.45) is 6.41. The summed E-state index contributed by atoms with van der Waals surface area (Å²) in [6.45, 7) is 13.6. The fourth-order valence-electron chi connectivity index (χ4n) is 4.04. The molecule has 1 aliphatic rings. The summed E-state index contributed by atoms with van der Waals surface area (Å²) in [7, 11) is 0. The van der Waals surface area contributed by atoms with E-state index in [2.05, 4.69) is 58.9 Å². The Bertz CT molecular complexity index is 583. The minimum absolute atomic E-state index is 0.205. The Balaban J connectivity index is 1.91. The van der Waals surface area contributed by atoms with Crippen LogP contribution in [0, 0.1) is 11.3 Å². The molecule has 1 aromatic rings. The Morgan fingerprint density at radius 2 is 1.85 bits per heavy atom. The third-order valence-electron chi connectivity index (χ3n) is 4.92. The summed E-state index contributed by atoms with van der Waals surface area (Å²) < 4.78 is 17.3. The summed E-state index contributed by atoms with van der Waals surface area (Å²) in [4.78, 5) is 0. The molecular weight excluding hydrogens is 324 g/mol. The molecule has 2 rings (SSSR count). The lowest BCUT2D eigenvalue weighted by Gasteiger charge is -2.34. The van der Waals surface area contributed by atoms with Crippen LogP contribution in [0.1, 0.15) is 78.7 Å². The van der Waals surface area contributed by atoms with E-state index >= 15 is 0 Å². The van der Waals surface area contributed by atoms with Gasteiger partial charge >= 0.3 is 0 Å². The maximum absolute atomic E-state index is 5.97. The largest absolute Gasteiger partial charge is 0.472 e. The lowest BCUT2D eigenvalue weighted by Crippen LogP contribution is -2.23. The van der Waals surface area contributed by atoms with E-state index in [1.54, 1.807) is 0 Å². The van der Waals surface area contributed by atoms with Gasteiger partial charge in [-0.25, -0.2) is 0 Å². The van der Waals surface area contributed by atoms with Crippen molar-refractivity contribution >= 4 is 0 Å². The average Bonchev–Trinajstić information content (AvgIpc) is 2.54. The second kappa shape index (κ2) is 9.45. The number of hydrogen-bond donors (Lipinski definition) is 0. The lowest BCUT2D eigenvalue weighted by molar-refractivity contribution is -0.135. The van der Waals surface area contributed by atoms with E-state index in [9.17, 15) is 0 Å². The molecule has 0 fully saturated rings. The zero-order valence-corrected chi connectivity index (χ0v) is 17.4. The molecule has 0 radical (unpaired) electrons. The van der Waals surface area contributed by atoms with Crippen LogP contribution in [-0.2, 0) is 9.47 Å². The highest BCUT2D eigenvalue weighted by molar-refractivity contribution is 5.32. The SMILES string of the molecule is CC(OCOC1=CCCCC1)Oc1cccc(C(C(C)C)C(C)(C)C)c1. The molecule has 26 heavy (non-hydrogen) atoms. The van der Waals surface area contributed by atoms with Gasteiger partial charge in [-0.15, -0.1) is 0 Å². The lowest BCUT2D eigenvalue weighted by atomic mass is 9.70. The monoisotopic (exact) mass is 360 g/mol. The standard InChI is InChI=1S/C23H36O3/c1-17(2)22(23(4,5)6)19-11-10-14-21(15-19)26-18(3)24-16-25-20-12-8-7-9-13-20/h10-12,14-15,17-18,22H,7-9,13,16H2,1-6H3. The topological polar surface area (TPSA) is 27.7 Å². The molecule has 0 N–H and O–H groups in total. The van der Waals surface area contributed by atoms with Crippen molar-refractivity contribution in [3.8, 4) is 5.75 Å². The molecule has 2 atom stereocenters. The predicted molar refractivity (Wildman–Crippen MR) is 107 cm³/mol. The van der Waals surface area contributed by atoms with Crippen LogP contribution in [0.5, 0.6) is 5.75 Å². The van der Waals surface area contributed by atoms with E-state index in [4.69, 9.17) is 14.2 Å². The molecule has 0 amide bonds. The van der Waals surface area contributed by atoms with Gasteiger partial charge < -0.3 is 14.2 Å². The zero-order valence-electron chi connectivity index (χ0n) is 17.4. The van der Waals surface area contributed by atoms with Crippen molar-refractivity contribution in [3.63, 3.8) is 0 Å². The number of hydrogen-bond acceptors (Lipinski definition) is 3. The minimum Gasteiger partial charge on any atom is -0.472 e. The van der Waals surface area contributed by atoms with Crippen molar-refractivity contribution in [2.75, 3.05) is 6.79 Å². The summed E-state index contributed by atoms with van der Waals surface area (Å²) in [6, 6.07) is 8.42. The summed E-state index contributed by atoms with van der Waals surface area (Å²) in [5.41, 5.74) is 1.53. The van der Waals surface area contributed by atoms with Crippen molar-refractivity contribution in [2.24, 2.45) is 11.3 Å². The molecule has 0 saturated carbocycles. The Labute approximate surface area is 159 Å². The van der Waals surface area contributed by atoms with Gasteiger partial charge in [-0.1, -0.05) is 46.8 Å². The van der Waals surface area contributed by atoms with E-state index in [1.165, 1.54) is 18.4 Å². The first kappa shape index (κ1) is 20.8. The molecule has 2 unspecified atom stereocenters. The Hall–Kier alpha value is -1.48. The predicted octanol–water partition coefficient (Wildman–Crippen LogP) is 6.65. The molecule has 1 aromatic carbocycles. The summed E-state index contributed by atoms with van der Waals surface area (Å²) in [5, 5.41) is 0. The van der Waals surface area contributed by atoms with Gasteiger partial charge in [0.15, 0.2) is 6.79 Å². The Kier molecular flexibility index (Phi) is 7.57. The van der Waals surface area contributed by atoms with Gasteiger partial charge in [-0.3, -0.25) is 0 Å². The second-order valence-corrected chi connectivity index (χ2v) is 8.69. The molecule has 0 aromatic heterocycles. The quantitative estimate of drug-likeness (QED) is 0.486. The van der Waals surface area contributed by atoms with Gasteiger partial charge in [0, 0.05) is 6.42 Å². The van der Waals surface area contributed by atoms with E-state index in [-0.39, 0.29) is 18.5 Å². The summed E-state index contributed by atoms with van der Waals surface area (Å²) >= 11 is 0. The van der Waals surface area contributed by atoms with Crippen LogP contribution in [0.25, 0.3) is 0 Å². The molecule has 3 nitrogen and oxygen atoms in total. The van der Waals surface area contributed by atoms with E-state index in [0.717, 1.165) is 24.4 Å². The molecule has 0 heterocycles. The van der Waals surface area contributed by atoms with Crippen LogP contribution in [0.4, 0.5) is 0 Å². The van der Waals surface area contributed by atoms with E-state index in [1.807, 2.05) is 13.0 Å². The van der Waals surface area contributed by atoms with Crippen molar-refractivity contribution in [1.82, 2.24) is 0 Å². The zero-order chi connectivity index (χ0) is 19.2. The first-order valence-electron chi connectivity index (χ1n) is 9.97. The first-order valence-corrected chi connectivity index (χ1v) is 9.97. The van der Waals surface area contributed by atoms with E-state index in [0.29, 0.717) is 11.8 Å². The molecule has 1 aliphatic carbocycles. The van der Waals surface area contributed by atoms with Crippen molar-refractivity contribution in [1.29, 1.82) is 0 Å². The highest BCUT2D eigenvalue weighted by Crippen LogP contribution is 2.41.